The molecular weight excluding hydrogens is 351 g/mol. The minimum Gasteiger partial charge on any atom is -0.444 e. The normalized spacial score (nSPS) is 17.1. The lowest BCUT2D eigenvalue weighted by atomic mass is 9.81. The van der Waals surface area contributed by atoms with Crippen LogP contribution in [-0.4, -0.2) is 35.8 Å². The van der Waals surface area contributed by atoms with Gasteiger partial charge in [0.05, 0.1) is 10.0 Å². The Morgan fingerprint density at radius 1 is 1.25 bits per heavy atom. The van der Waals surface area contributed by atoms with Gasteiger partial charge < -0.3 is 9.64 Å². The molecule has 2 rings (SSSR count). The molecule has 0 aromatic heterocycles. The smallest absolute Gasteiger partial charge is 0.410 e. The van der Waals surface area contributed by atoms with E-state index in [2.05, 4.69) is 4.99 Å². The molecule has 0 atom stereocenters. The van der Waals surface area contributed by atoms with Crippen molar-refractivity contribution in [3.05, 3.63) is 33.8 Å². The highest BCUT2D eigenvalue weighted by Crippen LogP contribution is 2.39. The van der Waals surface area contributed by atoms with Crippen LogP contribution in [-0.2, 0) is 15.1 Å². The fourth-order valence-electron chi connectivity index (χ4n) is 2.72. The molecule has 1 fully saturated rings. The number of carbonyl (C=O) groups is 1. The number of carbonyl (C=O) groups excluding carboxylic acids is 2. The number of benzene rings is 1. The second-order valence-electron chi connectivity index (χ2n) is 6.83. The highest BCUT2D eigenvalue weighted by Gasteiger charge is 2.39. The molecule has 1 aliphatic rings. The topological polar surface area (TPSA) is 59.0 Å². The van der Waals surface area contributed by atoms with Crippen LogP contribution in [0.5, 0.6) is 0 Å². The Bertz CT molecular complexity index is 671. The Kier molecular flexibility index (Phi) is 5.59. The number of hydrogen-bond acceptors (Lipinski definition) is 4. The quantitative estimate of drug-likeness (QED) is 0.566. The molecule has 0 aliphatic carbocycles. The largest absolute Gasteiger partial charge is 0.444 e. The number of nitrogens with zero attached hydrogens (tertiary/aromatic N) is 2. The summed E-state index contributed by atoms with van der Waals surface area (Å²) >= 11 is 12.0. The third-order valence-corrected chi connectivity index (χ3v) is 4.70. The molecule has 1 saturated heterocycles. The molecule has 1 aromatic carbocycles. The van der Waals surface area contributed by atoms with Crippen LogP contribution in [0, 0.1) is 0 Å². The number of hydrogen-bond donors (Lipinski definition) is 0. The number of ether oxygens (including phenoxy) is 1. The average Bonchev–Trinajstić information content (AvgIpc) is 2.49. The Morgan fingerprint density at radius 2 is 1.88 bits per heavy atom. The van der Waals surface area contributed by atoms with Crippen molar-refractivity contribution < 1.29 is 14.3 Å². The van der Waals surface area contributed by atoms with Crippen LogP contribution in [0.3, 0.4) is 0 Å². The highest BCUT2D eigenvalue weighted by molar-refractivity contribution is 6.42. The zero-order valence-corrected chi connectivity index (χ0v) is 15.4. The summed E-state index contributed by atoms with van der Waals surface area (Å²) < 4.78 is 5.39. The number of likely N-dealkylation sites (tertiary alicyclic amines) is 1. The summed E-state index contributed by atoms with van der Waals surface area (Å²) in [4.78, 5) is 28.8. The van der Waals surface area contributed by atoms with E-state index in [9.17, 15) is 9.59 Å². The standard InChI is InChI=1S/C17H20Cl2N2O3/c1-16(2,3)24-15(23)21-8-6-17(7-9-21,20-11-22)12-4-5-13(18)14(19)10-12/h4-5,10H,6-9H2,1-3H3. The Hall–Kier alpha value is -1.55. The lowest BCUT2D eigenvalue weighted by Crippen LogP contribution is -2.46. The van der Waals surface area contributed by atoms with Gasteiger partial charge in [0.15, 0.2) is 0 Å². The zero-order valence-electron chi connectivity index (χ0n) is 13.9. The first-order chi connectivity index (χ1) is 11.2. The van der Waals surface area contributed by atoms with Crippen molar-refractivity contribution >= 4 is 35.4 Å². The Balaban J connectivity index is 2.19. The highest BCUT2D eigenvalue weighted by atomic mass is 35.5. The second-order valence-corrected chi connectivity index (χ2v) is 7.65. The lowest BCUT2D eigenvalue weighted by molar-refractivity contribution is 0.0167. The van der Waals surface area contributed by atoms with Gasteiger partial charge in [-0.3, -0.25) is 0 Å². The maximum absolute atomic E-state index is 12.2. The third-order valence-electron chi connectivity index (χ3n) is 3.96. The van der Waals surface area contributed by atoms with Gasteiger partial charge in [-0.2, -0.15) is 4.99 Å². The number of amides is 1. The molecule has 24 heavy (non-hydrogen) atoms. The fourth-order valence-corrected chi connectivity index (χ4v) is 3.02. The Labute approximate surface area is 151 Å². The van der Waals surface area contributed by atoms with Crippen molar-refractivity contribution in [1.82, 2.24) is 4.90 Å². The fraction of sp³-hybridized carbons (Fsp3) is 0.529. The van der Waals surface area contributed by atoms with Crippen LogP contribution in [0.2, 0.25) is 10.0 Å². The van der Waals surface area contributed by atoms with Crippen molar-refractivity contribution in [2.24, 2.45) is 4.99 Å². The van der Waals surface area contributed by atoms with Crippen molar-refractivity contribution in [2.45, 2.75) is 44.8 Å². The van der Waals surface area contributed by atoms with Gasteiger partial charge in [0, 0.05) is 13.1 Å². The van der Waals surface area contributed by atoms with Gasteiger partial charge in [0.1, 0.15) is 11.1 Å². The molecule has 0 N–H and O–H groups in total. The van der Waals surface area contributed by atoms with Gasteiger partial charge in [0.2, 0.25) is 6.08 Å². The summed E-state index contributed by atoms with van der Waals surface area (Å²) in [6, 6.07) is 5.20. The number of rotatable bonds is 2. The van der Waals surface area contributed by atoms with Crippen LogP contribution in [0.1, 0.15) is 39.2 Å². The van der Waals surface area contributed by atoms with Gasteiger partial charge in [-0.1, -0.05) is 29.3 Å². The number of piperidine rings is 1. The van der Waals surface area contributed by atoms with Gasteiger partial charge in [-0.25, -0.2) is 9.59 Å². The van der Waals surface area contributed by atoms with Crippen LogP contribution >= 0.6 is 23.2 Å². The zero-order chi connectivity index (χ0) is 18.0. The first kappa shape index (κ1) is 18.8. The van der Waals surface area contributed by atoms with Crippen molar-refractivity contribution in [1.29, 1.82) is 0 Å². The van der Waals surface area contributed by atoms with E-state index in [1.54, 1.807) is 29.2 Å². The first-order valence-corrected chi connectivity index (χ1v) is 8.45. The number of aliphatic imine (C=N–C) groups is 1. The molecule has 1 amide bonds. The van der Waals surface area contributed by atoms with Gasteiger partial charge in [-0.05, 0) is 51.3 Å². The maximum atomic E-state index is 12.2. The van der Waals surface area contributed by atoms with E-state index < -0.39 is 11.1 Å². The SMILES string of the molecule is CC(C)(C)OC(=O)N1CCC(N=C=O)(c2ccc(Cl)c(Cl)c2)CC1. The number of isocyanates is 1. The molecule has 1 aromatic rings. The molecule has 0 radical (unpaired) electrons. The molecule has 5 nitrogen and oxygen atoms in total. The summed E-state index contributed by atoms with van der Waals surface area (Å²) in [5.41, 5.74) is -0.491. The van der Waals surface area contributed by atoms with Crippen molar-refractivity contribution in [2.75, 3.05) is 13.1 Å². The van der Waals surface area contributed by atoms with E-state index in [1.165, 1.54) is 0 Å². The second kappa shape index (κ2) is 7.14. The summed E-state index contributed by atoms with van der Waals surface area (Å²) in [5.74, 6) is 0. The van der Waals surface area contributed by atoms with Crippen LogP contribution in [0.15, 0.2) is 23.2 Å². The van der Waals surface area contributed by atoms with Crippen LogP contribution in [0.25, 0.3) is 0 Å². The van der Waals surface area contributed by atoms with E-state index in [-0.39, 0.29) is 6.09 Å². The summed E-state index contributed by atoms with van der Waals surface area (Å²) in [5, 5.41) is 0.848. The molecule has 0 unspecified atom stereocenters. The molecule has 0 saturated carbocycles. The van der Waals surface area contributed by atoms with Gasteiger partial charge in [-0.15, -0.1) is 0 Å². The molecule has 130 valence electrons. The van der Waals surface area contributed by atoms with E-state index in [4.69, 9.17) is 27.9 Å². The van der Waals surface area contributed by atoms with Crippen LogP contribution < -0.4 is 0 Å². The number of halogens is 2. The minimum absolute atomic E-state index is 0.361. The van der Waals surface area contributed by atoms with Crippen molar-refractivity contribution in [3.8, 4) is 0 Å². The van der Waals surface area contributed by atoms with E-state index in [0.29, 0.717) is 36.0 Å². The molecular formula is C17H20Cl2N2O3. The molecule has 0 spiro atoms. The summed E-state index contributed by atoms with van der Waals surface area (Å²) in [6.07, 6.45) is 2.27. The maximum Gasteiger partial charge on any atom is 0.410 e. The van der Waals surface area contributed by atoms with Gasteiger partial charge in [0.25, 0.3) is 0 Å². The van der Waals surface area contributed by atoms with Crippen LogP contribution in [0.4, 0.5) is 4.79 Å². The molecule has 1 aliphatic heterocycles. The predicted molar refractivity (Wildman–Crippen MR) is 93.3 cm³/mol. The monoisotopic (exact) mass is 370 g/mol. The molecule has 0 bridgehead atoms. The van der Waals surface area contributed by atoms with E-state index in [1.807, 2.05) is 20.8 Å². The lowest BCUT2D eigenvalue weighted by Gasteiger charge is -2.39. The average molecular weight is 371 g/mol. The third kappa shape index (κ3) is 4.29. The Morgan fingerprint density at radius 3 is 2.38 bits per heavy atom. The predicted octanol–water partition coefficient (Wildman–Crippen LogP) is 4.56. The van der Waals surface area contributed by atoms with E-state index in [0.717, 1.165) is 5.56 Å². The van der Waals surface area contributed by atoms with E-state index >= 15 is 0 Å². The summed E-state index contributed by atoms with van der Waals surface area (Å²) in [7, 11) is 0. The minimum atomic E-state index is -0.742. The summed E-state index contributed by atoms with van der Waals surface area (Å²) in [6.45, 7) is 6.34. The first-order valence-electron chi connectivity index (χ1n) is 7.69. The molecule has 1 heterocycles. The van der Waals surface area contributed by atoms with Gasteiger partial charge >= 0.3 is 6.09 Å². The molecule has 7 heteroatoms. The van der Waals surface area contributed by atoms with Crippen molar-refractivity contribution in [3.63, 3.8) is 0 Å².